The molecular weight excluding hydrogens is 360 g/mol. The van der Waals surface area contributed by atoms with Gasteiger partial charge in [-0.25, -0.2) is 0 Å². The van der Waals surface area contributed by atoms with Crippen LogP contribution >= 0.6 is 24.1 Å². The molecule has 26 heavy (non-hydrogen) atoms. The van der Waals surface area contributed by atoms with Crippen molar-refractivity contribution < 1.29 is 8.37 Å². The summed E-state index contributed by atoms with van der Waals surface area (Å²) in [6.45, 7) is 0. The molecule has 11 aliphatic rings. The minimum atomic E-state index is -0.155. The van der Waals surface area contributed by atoms with Crippen molar-refractivity contribution >= 4 is 24.1 Å². The van der Waals surface area contributed by atoms with Crippen LogP contribution in [0.15, 0.2) is 0 Å². The standard InChI is InChI=1S/C22H24O2S2/c1-5-7-3-9-13(5)15-11(1)17(7)21(19(9)15)23-25-22(26-24-21)18-8-4-10-14-6(8)2-12(18)16(14)20(10)22/h5-20H,1-4H2/t5-,6-,7-,8-,9-,10+,11-,12-,13-,14-,15-,16-,17-,18-,19+,20-,21?,22?/m1/s1. The lowest BCUT2D eigenvalue weighted by atomic mass is 9.58. The molecule has 0 radical (unpaired) electrons. The normalized spacial score (nSPS) is 88.6. The first-order valence-corrected chi connectivity index (χ1v) is 13.1. The molecule has 2 nitrogen and oxygen atoms in total. The van der Waals surface area contributed by atoms with Gasteiger partial charge in [0, 0.05) is 35.9 Å². The van der Waals surface area contributed by atoms with Gasteiger partial charge in [-0.15, -0.1) is 0 Å². The molecule has 0 N–H and O–H groups in total. The molecule has 16 atom stereocenters. The van der Waals surface area contributed by atoms with E-state index in [2.05, 4.69) is 0 Å². The first-order chi connectivity index (χ1) is 12.8. The summed E-state index contributed by atoms with van der Waals surface area (Å²) in [5, 5.41) is 0. The average Bonchev–Trinajstić information content (AvgIpc) is 3.31. The van der Waals surface area contributed by atoms with Gasteiger partial charge < -0.3 is 0 Å². The molecule has 11 fully saturated rings. The second kappa shape index (κ2) is 3.30. The van der Waals surface area contributed by atoms with E-state index in [0.29, 0.717) is 4.08 Å². The Hall–Kier alpha value is 0.620. The van der Waals surface area contributed by atoms with Gasteiger partial charge >= 0.3 is 0 Å². The summed E-state index contributed by atoms with van der Waals surface area (Å²) in [6.07, 6.45) is 6.23. The third kappa shape index (κ3) is 0.857. The van der Waals surface area contributed by atoms with E-state index in [9.17, 15) is 0 Å². The third-order valence-electron chi connectivity index (χ3n) is 13.2. The topological polar surface area (TPSA) is 18.5 Å². The summed E-state index contributed by atoms with van der Waals surface area (Å²) >= 11 is 4.03. The summed E-state index contributed by atoms with van der Waals surface area (Å²) < 4.78 is 14.4. The van der Waals surface area contributed by atoms with Crippen LogP contribution in [0.5, 0.6) is 0 Å². The molecular formula is C22H24O2S2. The molecule has 1 heterocycles. The number of rotatable bonds is 0. The highest BCUT2D eigenvalue weighted by Gasteiger charge is 2.90. The van der Waals surface area contributed by atoms with Crippen molar-refractivity contribution in [2.24, 2.45) is 94.7 Å². The van der Waals surface area contributed by atoms with Gasteiger partial charge in [-0.1, -0.05) is 0 Å². The van der Waals surface area contributed by atoms with Crippen LogP contribution in [0.4, 0.5) is 0 Å². The van der Waals surface area contributed by atoms with Crippen molar-refractivity contribution in [3.8, 4) is 0 Å². The predicted molar refractivity (Wildman–Crippen MR) is 97.1 cm³/mol. The van der Waals surface area contributed by atoms with E-state index in [1.807, 2.05) is 24.1 Å². The zero-order valence-corrected chi connectivity index (χ0v) is 16.3. The maximum Gasteiger partial charge on any atom is 0.200 e. The zero-order chi connectivity index (χ0) is 15.9. The molecule has 1 aliphatic heterocycles. The molecule has 2 spiro atoms. The van der Waals surface area contributed by atoms with Gasteiger partial charge in [-0.3, -0.25) is 8.37 Å². The minimum absolute atomic E-state index is 0.155. The smallest absolute Gasteiger partial charge is 0.200 e. The Morgan fingerprint density at radius 1 is 0.500 bits per heavy atom. The highest BCUT2D eigenvalue weighted by Crippen LogP contribution is 2.92. The van der Waals surface area contributed by atoms with Crippen molar-refractivity contribution in [2.75, 3.05) is 0 Å². The first-order valence-electron chi connectivity index (χ1n) is 11.6. The minimum Gasteiger partial charge on any atom is -0.278 e. The first kappa shape index (κ1) is 13.0. The SMILES string of the molecule is C1[C@@H]2[C@H]3C[C@@H]4[C@@H]2[C@H]2[C@@H]1[C@@H]3C1(OSC3(SO1)[C@@H]1[C@@H]5C[C@H]6[C@H]7[C@@H]5C[C@@H]1[C@H]7[C@@H]63)[C@@H]42. The molecule has 136 valence electrons. The van der Waals surface area contributed by atoms with E-state index in [0.717, 1.165) is 94.7 Å². The van der Waals surface area contributed by atoms with Crippen LogP contribution in [0.1, 0.15) is 25.7 Å². The molecule has 11 rings (SSSR count). The summed E-state index contributed by atoms with van der Waals surface area (Å²) in [5.74, 6) is 15.9. The highest BCUT2D eigenvalue weighted by atomic mass is 32.2. The van der Waals surface area contributed by atoms with Gasteiger partial charge in [0.2, 0.25) is 5.79 Å². The van der Waals surface area contributed by atoms with Crippen LogP contribution in [0.25, 0.3) is 0 Å². The summed E-state index contributed by atoms with van der Waals surface area (Å²) in [6, 6.07) is 0. The fraction of sp³-hybridized carbons (Fsp3) is 1.00. The molecule has 4 heteroatoms. The van der Waals surface area contributed by atoms with Gasteiger partial charge in [-0.05, 0) is 109 Å². The molecule has 10 aliphatic carbocycles. The maximum atomic E-state index is 7.04. The monoisotopic (exact) mass is 384 g/mol. The Balaban J connectivity index is 1.04. The summed E-state index contributed by atoms with van der Waals surface area (Å²) in [7, 11) is 0. The summed E-state index contributed by atoms with van der Waals surface area (Å²) in [5.41, 5.74) is 0. The second-order valence-electron chi connectivity index (χ2n) is 12.4. The van der Waals surface area contributed by atoms with Gasteiger partial charge in [-0.2, -0.15) is 0 Å². The summed E-state index contributed by atoms with van der Waals surface area (Å²) in [4.78, 5) is 0. The van der Waals surface area contributed by atoms with E-state index < -0.39 is 0 Å². The number of hydrogen-bond donors (Lipinski definition) is 0. The van der Waals surface area contributed by atoms with E-state index >= 15 is 0 Å². The van der Waals surface area contributed by atoms with Crippen LogP contribution in [0, 0.1) is 94.7 Å². The Morgan fingerprint density at radius 2 is 1.04 bits per heavy atom. The lowest BCUT2D eigenvalue weighted by Crippen LogP contribution is -2.60. The van der Waals surface area contributed by atoms with Gasteiger partial charge in [0.05, 0.1) is 0 Å². The van der Waals surface area contributed by atoms with Crippen LogP contribution in [-0.2, 0) is 8.37 Å². The van der Waals surface area contributed by atoms with Gasteiger partial charge in [0.1, 0.15) is 4.08 Å². The largest absolute Gasteiger partial charge is 0.278 e. The van der Waals surface area contributed by atoms with Crippen LogP contribution in [-0.4, -0.2) is 9.87 Å². The van der Waals surface area contributed by atoms with Gasteiger partial charge in [0.25, 0.3) is 0 Å². The van der Waals surface area contributed by atoms with Crippen molar-refractivity contribution in [3.63, 3.8) is 0 Å². The fourth-order valence-electron chi connectivity index (χ4n) is 13.6. The quantitative estimate of drug-likeness (QED) is 0.580. The molecule has 1 saturated heterocycles. The van der Waals surface area contributed by atoms with E-state index in [1.165, 1.54) is 12.8 Å². The van der Waals surface area contributed by atoms with Gasteiger partial charge in [0.15, 0.2) is 0 Å². The van der Waals surface area contributed by atoms with Crippen molar-refractivity contribution in [1.29, 1.82) is 0 Å². The molecule has 0 aromatic rings. The van der Waals surface area contributed by atoms with Crippen LogP contribution < -0.4 is 0 Å². The highest BCUT2D eigenvalue weighted by molar-refractivity contribution is 8.14. The van der Waals surface area contributed by atoms with Crippen LogP contribution in [0.3, 0.4) is 0 Å². The third-order valence-corrected chi connectivity index (χ3v) is 15.9. The molecule has 4 bridgehead atoms. The number of fused-ring (bicyclic) bond motifs is 8. The zero-order valence-electron chi connectivity index (χ0n) is 14.7. The maximum absolute atomic E-state index is 7.04. The molecule has 0 unspecified atom stereocenters. The molecule has 0 aromatic heterocycles. The Labute approximate surface area is 162 Å². The Morgan fingerprint density at radius 3 is 1.81 bits per heavy atom. The second-order valence-corrected chi connectivity index (χ2v) is 14.7. The van der Waals surface area contributed by atoms with Crippen molar-refractivity contribution in [2.45, 2.75) is 35.5 Å². The van der Waals surface area contributed by atoms with Crippen molar-refractivity contribution in [1.82, 2.24) is 0 Å². The lowest BCUT2D eigenvalue weighted by molar-refractivity contribution is -0.218. The lowest BCUT2D eigenvalue weighted by Gasteiger charge is -2.59. The average molecular weight is 385 g/mol. The van der Waals surface area contributed by atoms with E-state index in [-0.39, 0.29) is 5.79 Å². The van der Waals surface area contributed by atoms with E-state index in [4.69, 9.17) is 8.37 Å². The molecule has 0 aromatic carbocycles. The predicted octanol–water partition coefficient (Wildman–Crippen LogP) is 4.28. The van der Waals surface area contributed by atoms with E-state index in [1.54, 1.807) is 12.8 Å². The Bertz CT molecular complexity index is 756. The van der Waals surface area contributed by atoms with Crippen molar-refractivity contribution in [3.05, 3.63) is 0 Å². The molecule has 0 amide bonds. The van der Waals surface area contributed by atoms with Crippen LogP contribution in [0.2, 0.25) is 0 Å². The Kier molecular flexibility index (Phi) is 1.65. The fourth-order valence-corrected chi connectivity index (χ4v) is 16.8. The number of hydrogen-bond acceptors (Lipinski definition) is 4. The molecule has 10 saturated carbocycles.